The van der Waals surface area contributed by atoms with Crippen molar-refractivity contribution in [1.29, 1.82) is 0 Å². The van der Waals surface area contributed by atoms with Gasteiger partial charge in [0.05, 0.1) is 11.0 Å². The molecule has 0 spiro atoms. The van der Waals surface area contributed by atoms with Gasteiger partial charge in [-0.2, -0.15) is 0 Å². The van der Waals surface area contributed by atoms with Crippen LogP contribution in [0.1, 0.15) is 23.7 Å². The largest absolute Gasteiger partial charge is 0.388 e. The summed E-state index contributed by atoms with van der Waals surface area (Å²) in [7, 11) is -3.32. The number of nitrogens with one attached hydrogen (secondary N) is 1. The van der Waals surface area contributed by atoms with Crippen molar-refractivity contribution in [2.24, 2.45) is 0 Å². The van der Waals surface area contributed by atoms with Crippen LogP contribution in [0.25, 0.3) is 0 Å². The Bertz CT molecular complexity index is 581. The van der Waals surface area contributed by atoms with Gasteiger partial charge in [-0.05, 0) is 25.0 Å². The monoisotopic (exact) mass is 312 g/mol. The number of aryl methyl sites for hydroxylation is 1. The molecule has 2 rings (SSSR count). The molecule has 1 aromatic rings. The van der Waals surface area contributed by atoms with Gasteiger partial charge < -0.3 is 15.3 Å². The molecule has 1 fully saturated rings. The number of sulfone groups is 1. The van der Waals surface area contributed by atoms with Crippen LogP contribution in [0.2, 0.25) is 0 Å². The molecule has 1 aliphatic rings. The minimum atomic E-state index is -3.32. The Kier molecular flexibility index (Phi) is 5.37. The minimum Gasteiger partial charge on any atom is -0.388 e. The Labute approximate surface area is 126 Å². The molecule has 1 unspecified atom stereocenters. The zero-order chi connectivity index (χ0) is 15.5. The Hall–Kier alpha value is -0.950. The van der Waals surface area contributed by atoms with E-state index in [1.165, 1.54) is 6.26 Å². The van der Waals surface area contributed by atoms with E-state index < -0.39 is 15.9 Å². The smallest absolute Gasteiger partial charge is 0.175 e. The van der Waals surface area contributed by atoms with Crippen LogP contribution in [0.3, 0.4) is 0 Å². The van der Waals surface area contributed by atoms with E-state index in [2.05, 4.69) is 10.2 Å². The lowest BCUT2D eigenvalue weighted by atomic mass is 10.0. The lowest BCUT2D eigenvalue weighted by Crippen LogP contribution is -2.44. The van der Waals surface area contributed by atoms with E-state index in [0.717, 1.165) is 38.3 Å². The number of nitrogens with zero attached hydrogens (tertiary/aromatic N) is 1. The van der Waals surface area contributed by atoms with Gasteiger partial charge in [0, 0.05) is 39.0 Å². The fourth-order valence-electron chi connectivity index (χ4n) is 2.66. The second-order valence-corrected chi connectivity index (χ2v) is 7.69. The van der Waals surface area contributed by atoms with Gasteiger partial charge >= 0.3 is 0 Å². The van der Waals surface area contributed by atoms with Crippen LogP contribution in [-0.2, 0) is 9.84 Å². The molecule has 5 nitrogen and oxygen atoms in total. The summed E-state index contributed by atoms with van der Waals surface area (Å²) in [6.45, 7) is 6.56. The maximum absolute atomic E-state index is 11.8. The summed E-state index contributed by atoms with van der Waals surface area (Å²) in [6, 6.07) is 5.13. The molecule has 21 heavy (non-hydrogen) atoms. The summed E-state index contributed by atoms with van der Waals surface area (Å²) in [4.78, 5) is 2.52. The van der Waals surface area contributed by atoms with Gasteiger partial charge in [0.25, 0.3) is 0 Å². The van der Waals surface area contributed by atoms with Crippen molar-refractivity contribution >= 4 is 9.84 Å². The van der Waals surface area contributed by atoms with Crippen LogP contribution >= 0.6 is 0 Å². The molecule has 1 atom stereocenters. The first kappa shape index (κ1) is 16.4. The molecule has 0 saturated carbocycles. The maximum Gasteiger partial charge on any atom is 0.175 e. The SMILES string of the molecule is Cc1ccc(S(C)(=O)=O)c(C(O)CCN2CCNCC2)c1. The highest BCUT2D eigenvalue weighted by molar-refractivity contribution is 7.90. The molecule has 0 radical (unpaired) electrons. The highest BCUT2D eigenvalue weighted by atomic mass is 32.2. The molecule has 118 valence electrons. The average molecular weight is 312 g/mol. The van der Waals surface area contributed by atoms with Crippen LogP contribution in [0.4, 0.5) is 0 Å². The molecule has 1 aromatic carbocycles. The van der Waals surface area contributed by atoms with E-state index in [1.807, 2.05) is 6.92 Å². The summed E-state index contributed by atoms with van der Waals surface area (Å²) in [5.74, 6) is 0. The van der Waals surface area contributed by atoms with Gasteiger partial charge in [0.1, 0.15) is 0 Å². The molecule has 1 saturated heterocycles. The number of aliphatic hydroxyl groups is 1. The van der Waals surface area contributed by atoms with Crippen LogP contribution in [0, 0.1) is 6.92 Å². The highest BCUT2D eigenvalue weighted by Gasteiger charge is 2.20. The minimum absolute atomic E-state index is 0.237. The second-order valence-electron chi connectivity index (χ2n) is 5.71. The zero-order valence-corrected chi connectivity index (χ0v) is 13.5. The standard InChI is InChI=1S/C15H24N2O3S/c1-12-3-4-15(21(2,19)20)13(11-12)14(18)5-8-17-9-6-16-7-10-17/h3-4,11,14,16,18H,5-10H2,1-2H3. The molecule has 0 aromatic heterocycles. The number of piperazine rings is 1. The Morgan fingerprint density at radius 3 is 2.62 bits per heavy atom. The highest BCUT2D eigenvalue weighted by Crippen LogP contribution is 2.26. The summed E-state index contributed by atoms with van der Waals surface area (Å²) >= 11 is 0. The van der Waals surface area contributed by atoms with Gasteiger partial charge in [-0.1, -0.05) is 17.7 Å². The lowest BCUT2D eigenvalue weighted by molar-refractivity contribution is 0.134. The topological polar surface area (TPSA) is 69.6 Å². The maximum atomic E-state index is 11.8. The van der Waals surface area contributed by atoms with E-state index in [4.69, 9.17) is 0 Å². The molecule has 0 amide bonds. The molecular formula is C15H24N2O3S. The molecular weight excluding hydrogens is 288 g/mol. The van der Waals surface area contributed by atoms with Crippen molar-refractivity contribution in [2.45, 2.75) is 24.3 Å². The predicted molar refractivity (Wildman–Crippen MR) is 83.2 cm³/mol. The quantitative estimate of drug-likeness (QED) is 0.839. The Morgan fingerprint density at radius 2 is 2.00 bits per heavy atom. The first-order chi connectivity index (χ1) is 9.88. The number of rotatable bonds is 5. The van der Waals surface area contributed by atoms with E-state index in [1.54, 1.807) is 18.2 Å². The summed E-state index contributed by atoms with van der Waals surface area (Å²) < 4.78 is 23.7. The van der Waals surface area contributed by atoms with Crippen LogP contribution in [0.5, 0.6) is 0 Å². The van der Waals surface area contributed by atoms with Crippen molar-refractivity contribution in [3.05, 3.63) is 29.3 Å². The van der Waals surface area contributed by atoms with Gasteiger partial charge in [-0.25, -0.2) is 8.42 Å². The number of aliphatic hydroxyl groups excluding tert-OH is 1. The molecule has 6 heteroatoms. The van der Waals surface area contributed by atoms with Crippen molar-refractivity contribution in [3.8, 4) is 0 Å². The number of hydrogen-bond acceptors (Lipinski definition) is 5. The summed E-state index contributed by atoms with van der Waals surface area (Å²) in [6.07, 6.45) is 0.986. The normalized spacial score (nSPS) is 18.6. The van der Waals surface area contributed by atoms with Crippen molar-refractivity contribution in [3.63, 3.8) is 0 Å². The van der Waals surface area contributed by atoms with E-state index in [0.29, 0.717) is 12.0 Å². The fraction of sp³-hybridized carbons (Fsp3) is 0.600. The third-order valence-corrected chi connectivity index (χ3v) is 5.02. The van der Waals surface area contributed by atoms with Crippen LogP contribution in [-0.4, -0.2) is 57.4 Å². The van der Waals surface area contributed by atoms with Crippen LogP contribution in [0.15, 0.2) is 23.1 Å². The fourth-order valence-corrected chi connectivity index (χ4v) is 3.60. The van der Waals surface area contributed by atoms with Gasteiger partial charge in [0.2, 0.25) is 0 Å². The first-order valence-corrected chi connectivity index (χ1v) is 9.19. The van der Waals surface area contributed by atoms with E-state index >= 15 is 0 Å². The number of benzene rings is 1. The second kappa shape index (κ2) is 6.87. The third kappa shape index (κ3) is 4.51. The predicted octanol–water partition coefficient (Wildman–Crippen LogP) is 0.727. The van der Waals surface area contributed by atoms with Gasteiger partial charge in [0.15, 0.2) is 9.84 Å². The van der Waals surface area contributed by atoms with Crippen molar-refractivity contribution in [2.75, 3.05) is 39.0 Å². The number of hydrogen-bond donors (Lipinski definition) is 2. The molecule has 0 bridgehead atoms. The van der Waals surface area contributed by atoms with Crippen molar-refractivity contribution in [1.82, 2.24) is 10.2 Å². The zero-order valence-electron chi connectivity index (χ0n) is 12.7. The Morgan fingerprint density at radius 1 is 1.33 bits per heavy atom. The lowest BCUT2D eigenvalue weighted by Gasteiger charge is -2.28. The van der Waals surface area contributed by atoms with E-state index in [9.17, 15) is 13.5 Å². The van der Waals surface area contributed by atoms with Crippen molar-refractivity contribution < 1.29 is 13.5 Å². The Balaban J connectivity index is 2.10. The summed E-state index contributed by atoms with van der Waals surface area (Å²) in [5.41, 5.74) is 1.48. The molecule has 1 aliphatic heterocycles. The van der Waals surface area contributed by atoms with Crippen LogP contribution < -0.4 is 5.32 Å². The first-order valence-electron chi connectivity index (χ1n) is 7.29. The molecule has 1 heterocycles. The van der Waals surface area contributed by atoms with Gasteiger partial charge in [-0.3, -0.25) is 0 Å². The van der Waals surface area contributed by atoms with Gasteiger partial charge in [-0.15, -0.1) is 0 Å². The summed E-state index contributed by atoms with van der Waals surface area (Å²) in [5, 5.41) is 13.7. The average Bonchev–Trinajstić information content (AvgIpc) is 2.44. The third-order valence-electron chi connectivity index (χ3n) is 3.85. The molecule has 0 aliphatic carbocycles. The molecule has 2 N–H and O–H groups in total. The van der Waals surface area contributed by atoms with E-state index in [-0.39, 0.29) is 4.90 Å².